The second-order valence-corrected chi connectivity index (χ2v) is 6.25. The van der Waals surface area contributed by atoms with Gasteiger partial charge in [0.05, 0.1) is 11.3 Å². The minimum Gasteiger partial charge on any atom is -0.338 e. The van der Waals surface area contributed by atoms with E-state index < -0.39 is 4.92 Å². The van der Waals surface area contributed by atoms with Crippen LogP contribution in [-0.2, 0) is 0 Å². The zero-order valence-corrected chi connectivity index (χ0v) is 16.5. The maximum Gasteiger partial charge on any atom is 0.294 e. The maximum absolute atomic E-state index is 12.8. The van der Waals surface area contributed by atoms with Crippen molar-refractivity contribution in [2.24, 2.45) is 5.92 Å². The molecule has 1 aliphatic rings. The average molecular weight is 416 g/mol. The summed E-state index contributed by atoms with van der Waals surface area (Å²) in [5, 5.41) is 14.6. The largest absolute Gasteiger partial charge is 0.338 e. The van der Waals surface area contributed by atoms with E-state index in [1.54, 1.807) is 34.0 Å². The third kappa shape index (κ3) is 5.18. The van der Waals surface area contributed by atoms with Gasteiger partial charge < -0.3 is 14.8 Å². The molecule has 1 N–H and O–H groups in total. The zero-order valence-electron chi connectivity index (χ0n) is 14.9. The molecule has 1 atom stereocenters. The van der Waals surface area contributed by atoms with Gasteiger partial charge >= 0.3 is 0 Å². The number of hydrogen-bond acceptors (Lipinski definition) is 5. The normalized spacial score (nSPS) is 16.2. The summed E-state index contributed by atoms with van der Waals surface area (Å²) in [7, 11) is 1.90. The molecule has 0 aliphatic carbocycles. The molecule has 1 amide bonds. The van der Waals surface area contributed by atoms with E-state index in [2.05, 4.69) is 10.3 Å². The van der Waals surface area contributed by atoms with Crippen LogP contribution in [0, 0.1) is 16.0 Å². The van der Waals surface area contributed by atoms with Crippen LogP contribution in [0.15, 0.2) is 36.9 Å². The molecule has 3 rings (SSSR count). The van der Waals surface area contributed by atoms with Crippen LogP contribution in [0.3, 0.4) is 0 Å². The molecule has 0 spiro atoms. The molecule has 0 bridgehead atoms. The number of nitrogens with one attached hydrogen (secondary N) is 1. The van der Waals surface area contributed by atoms with Gasteiger partial charge in [-0.15, -0.1) is 24.8 Å². The Morgan fingerprint density at radius 1 is 1.41 bits per heavy atom. The van der Waals surface area contributed by atoms with Crippen LogP contribution in [0.5, 0.6) is 0 Å². The van der Waals surface area contributed by atoms with E-state index in [4.69, 9.17) is 0 Å². The summed E-state index contributed by atoms with van der Waals surface area (Å²) in [6.07, 6.45) is 6.73. The van der Waals surface area contributed by atoms with Gasteiger partial charge in [0.1, 0.15) is 5.69 Å². The minimum absolute atomic E-state index is 0. The zero-order chi connectivity index (χ0) is 17.8. The van der Waals surface area contributed by atoms with Crippen molar-refractivity contribution in [3.05, 3.63) is 52.6 Å². The number of nitrogens with zero attached hydrogens (tertiary/aromatic N) is 4. The fraction of sp³-hybridized carbons (Fsp3) is 0.412. The van der Waals surface area contributed by atoms with Crippen molar-refractivity contribution < 1.29 is 9.72 Å². The number of piperidine rings is 1. The van der Waals surface area contributed by atoms with Crippen molar-refractivity contribution >= 4 is 36.4 Å². The average Bonchev–Trinajstić information content (AvgIpc) is 3.15. The lowest BCUT2D eigenvalue weighted by atomic mass is 9.97. The Labute approximate surface area is 169 Å². The second-order valence-electron chi connectivity index (χ2n) is 6.25. The van der Waals surface area contributed by atoms with Crippen LogP contribution < -0.4 is 5.32 Å². The monoisotopic (exact) mass is 415 g/mol. The number of amides is 1. The fourth-order valence-electron chi connectivity index (χ4n) is 3.31. The highest BCUT2D eigenvalue weighted by Crippen LogP contribution is 2.26. The van der Waals surface area contributed by atoms with E-state index in [1.807, 2.05) is 7.05 Å². The van der Waals surface area contributed by atoms with Gasteiger partial charge in [0.25, 0.3) is 11.6 Å². The molecule has 27 heavy (non-hydrogen) atoms. The Hall–Kier alpha value is -2.16. The molecule has 1 aliphatic heterocycles. The first kappa shape index (κ1) is 22.9. The van der Waals surface area contributed by atoms with Gasteiger partial charge in [-0.2, -0.15) is 0 Å². The maximum atomic E-state index is 12.8. The standard InChI is InChI=1S/C17H21N5O3.2ClH/c1-18-10-13-3-2-7-20(11-13)17(23)14-4-5-15(16(9-14)22(24)25)21-8-6-19-12-21;;/h4-6,8-9,12-13,18H,2-3,7,10-11H2,1H3;2*1H. The number of imidazole rings is 1. The Kier molecular flexibility index (Phi) is 8.68. The van der Waals surface area contributed by atoms with Crippen LogP contribution in [0.2, 0.25) is 0 Å². The van der Waals surface area contributed by atoms with E-state index in [-0.39, 0.29) is 36.4 Å². The number of nitro groups is 1. The predicted octanol–water partition coefficient (Wildman–Crippen LogP) is 2.70. The first-order chi connectivity index (χ1) is 12.1. The molecule has 1 fully saturated rings. The van der Waals surface area contributed by atoms with E-state index in [1.165, 1.54) is 12.4 Å². The van der Waals surface area contributed by atoms with Gasteiger partial charge in [-0.1, -0.05) is 0 Å². The number of likely N-dealkylation sites (tertiary alicyclic amines) is 1. The highest BCUT2D eigenvalue weighted by atomic mass is 35.5. The molecule has 1 aromatic heterocycles. The van der Waals surface area contributed by atoms with Crippen LogP contribution in [0.25, 0.3) is 5.69 Å². The Morgan fingerprint density at radius 2 is 2.19 bits per heavy atom. The first-order valence-corrected chi connectivity index (χ1v) is 8.31. The molecule has 2 aromatic rings. The highest BCUT2D eigenvalue weighted by molar-refractivity contribution is 5.95. The SMILES string of the molecule is CNCC1CCCN(C(=O)c2ccc(-n3ccnc3)c([N+](=O)[O-])c2)C1.Cl.Cl. The summed E-state index contributed by atoms with van der Waals surface area (Å²) in [6.45, 7) is 2.23. The van der Waals surface area contributed by atoms with Gasteiger partial charge in [-0.3, -0.25) is 14.9 Å². The number of hydrogen-bond donors (Lipinski definition) is 1. The van der Waals surface area contributed by atoms with Gasteiger partial charge in [-0.25, -0.2) is 4.98 Å². The molecule has 1 saturated heterocycles. The summed E-state index contributed by atoms with van der Waals surface area (Å²) in [4.78, 5) is 29.5. The molecule has 0 radical (unpaired) electrons. The van der Waals surface area contributed by atoms with Crippen molar-refractivity contribution in [3.63, 3.8) is 0 Å². The summed E-state index contributed by atoms with van der Waals surface area (Å²) in [6, 6.07) is 4.60. The predicted molar refractivity (Wildman–Crippen MR) is 107 cm³/mol. The second kappa shape index (κ2) is 10.2. The summed E-state index contributed by atoms with van der Waals surface area (Å²) < 4.78 is 1.57. The van der Waals surface area contributed by atoms with Crippen molar-refractivity contribution in [2.45, 2.75) is 12.8 Å². The summed E-state index contributed by atoms with van der Waals surface area (Å²) in [5.74, 6) is 0.268. The number of aromatic nitrogens is 2. The lowest BCUT2D eigenvalue weighted by molar-refractivity contribution is -0.384. The number of halogens is 2. The number of carbonyl (C=O) groups excluding carboxylic acids is 1. The topological polar surface area (TPSA) is 93.3 Å². The molecule has 8 nitrogen and oxygen atoms in total. The number of nitro benzene ring substituents is 1. The van der Waals surface area contributed by atoms with Gasteiger partial charge in [0.15, 0.2) is 0 Å². The van der Waals surface area contributed by atoms with E-state index in [0.29, 0.717) is 30.3 Å². The smallest absolute Gasteiger partial charge is 0.294 e. The van der Waals surface area contributed by atoms with Gasteiger partial charge in [-0.05, 0) is 44.5 Å². The van der Waals surface area contributed by atoms with Crippen molar-refractivity contribution in [2.75, 3.05) is 26.7 Å². The van der Waals surface area contributed by atoms with Gasteiger partial charge in [0, 0.05) is 37.1 Å². The summed E-state index contributed by atoms with van der Waals surface area (Å²) in [5.41, 5.74) is 0.638. The molecular formula is C17H23Cl2N5O3. The molecule has 10 heteroatoms. The Bertz CT molecular complexity index is 768. The van der Waals surface area contributed by atoms with E-state index >= 15 is 0 Å². The van der Waals surface area contributed by atoms with E-state index in [0.717, 1.165) is 19.4 Å². The van der Waals surface area contributed by atoms with Crippen molar-refractivity contribution in [1.29, 1.82) is 0 Å². The van der Waals surface area contributed by atoms with Gasteiger partial charge in [0.2, 0.25) is 0 Å². The third-order valence-corrected chi connectivity index (χ3v) is 4.50. The fourth-order valence-corrected chi connectivity index (χ4v) is 3.31. The highest BCUT2D eigenvalue weighted by Gasteiger charge is 2.26. The van der Waals surface area contributed by atoms with Crippen molar-refractivity contribution in [3.8, 4) is 5.69 Å². The molecule has 2 heterocycles. The van der Waals surface area contributed by atoms with Crippen LogP contribution in [-0.4, -0.2) is 52.0 Å². The van der Waals surface area contributed by atoms with Crippen LogP contribution in [0.4, 0.5) is 5.69 Å². The number of carbonyl (C=O) groups is 1. The minimum atomic E-state index is -0.466. The summed E-state index contributed by atoms with van der Waals surface area (Å²) >= 11 is 0. The van der Waals surface area contributed by atoms with Crippen LogP contribution in [0.1, 0.15) is 23.2 Å². The molecular weight excluding hydrogens is 393 g/mol. The third-order valence-electron chi connectivity index (χ3n) is 4.50. The number of rotatable bonds is 5. The Morgan fingerprint density at radius 3 is 2.81 bits per heavy atom. The Balaban J connectivity index is 0.00000182. The first-order valence-electron chi connectivity index (χ1n) is 8.31. The lowest BCUT2D eigenvalue weighted by Gasteiger charge is -2.32. The molecule has 1 unspecified atom stereocenters. The van der Waals surface area contributed by atoms with Crippen molar-refractivity contribution in [1.82, 2.24) is 19.8 Å². The molecule has 0 saturated carbocycles. The molecule has 148 valence electrons. The van der Waals surface area contributed by atoms with Crippen LogP contribution >= 0.6 is 24.8 Å². The molecule has 1 aromatic carbocycles. The quantitative estimate of drug-likeness (QED) is 0.598. The van der Waals surface area contributed by atoms with E-state index in [9.17, 15) is 14.9 Å². The lowest BCUT2D eigenvalue weighted by Crippen LogP contribution is -2.42. The number of benzene rings is 1.